The number of rotatable bonds is 8. The number of carbonyl (C=O) groups is 3. The van der Waals surface area contributed by atoms with Crippen molar-refractivity contribution in [2.45, 2.75) is 67.3 Å². The Morgan fingerprint density at radius 2 is 1.90 bits per heavy atom. The minimum absolute atomic E-state index is 0.0744. The van der Waals surface area contributed by atoms with Gasteiger partial charge in [0.05, 0.1) is 31.6 Å². The van der Waals surface area contributed by atoms with Crippen molar-refractivity contribution < 1.29 is 23.9 Å². The summed E-state index contributed by atoms with van der Waals surface area (Å²) < 4.78 is 12.0. The Bertz CT molecular complexity index is 1340. The van der Waals surface area contributed by atoms with E-state index < -0.39 is 29.6 Å². The lowest BCUT2D eigenvalue weighted by Gasteiger charge is -2.34. The third-order valence-electron chi connectivity index (χ3n) is 8.75. The zero-order chi connectivity index (χ0) is 27.9. The van der Waals surface area contributed by atoms with Crippen LogP contribution in [0.3, 0.4) is 0 Å². The molecule has 1 saturated carbocycles. The number of anilines is 1. The number of hydrogen-bond donors (Lipinski definition) is 2. The SMILES string of the molecule is COc1ccccc1CN1C(=O)[C@H]2[C@H](C(=O)Nc3cccc(SC)c3)[C@H]3C=C[C@@]2(O3)[C@H]1C(=O)NC1CCCCC1. The molecule has 0 aromatic heterocycles. The molecule has 9 heteroatoms. The number of nitrogens with zero attached hydrogens (tertiary/aromatic N) is 1. The average Bonchev–Trinajstić information content (AvgIpc) is 3.61. The van der Waals surface area contributed by atoms with Crippen LogP contribution in [0.25, 0.3) is 0 Å². The number of amides is 3. The molecule has 2 saturated heterocycles. The molecule has 3 aliphatic heterocycles. The van der Waals surface area contributed by atoms with Crippen molar-refractivity contribution in [1.82, 2.24) is 10.2 Å². The highest BCUT2D eigenvalue weighted by Crippen LogP contribution is 2.55. The Hall–Kier alpha value is -3.30. The first-order valence-corrected chi connectivity index (χ1v) is 15.2. The molecule has 40 heavy (non-hydrogen) atoms. The van der Waals surface area contributed by atoms with E-state index in [0.29, 0.717) is 11.4 Å². The zero-order valence-electron chi connectivity index (χ0n) is 22.8. The smallest absolute Gasteiger partial charge is 0.246 e. The summed E-state index contributed by atoms with van der Waals surface area (Å²) in [4.78, 5) is 44.6. The summed E-state index contributed by atoms with van der Waals surface area (Å²) in [5.41, 5.74) is 0.255. The summed E-state index contributed by atoms with van der Waals surface area (Å²) in [6, 6.07) is 14.3. The minimum Gasteiger partial charge on any atom is -0.496 e. The van der Waals surface area contributed by atoms with E-state index in [0.717, 1.165) is 36.1 Å². The molecular weight excluding hydrogens is 526 g/mol. The third kappa shape index (κ3) is 4.59. The van der Waals surface area contributed by atoms with Crippen molar-refractivity contribution in [3.63, 3.8) is 0 Å². The quantitative estimate of drug-likeness (QED) is 0.371. The topological polar surface area (TPSA) is 97.0 Å². The molecule has 4 aliphatic rings. The summed E-state index contributed by atoms with van der Waals surface area (Å²) in [7, 11) is 1.59. The van der Waals surface area contributed by atoms with Gasteiger partial charge >= 0.3 is 0 Å². The van der Waals surface area contributed by atoms with Gasteiger partial charge in [-0.25, -0.2) is 0 Å². The van der Waals surface area contributed by atoms with E-state index in [-0.39, 0.29) is 30.3 Å². The fourth-order valence-electron chi connectivity index (χ4n) is 6.91. The van der Waals surface area contributed by atoms with Crippen molar-refractivity contribution in [1.29, 1.82) is 0 Å². The lowest BCUT2D eigenvalue weighted by molar-refractivity contribution is -0.142. The summed E-state index contributed by atoms with van der Waals surface area (Å²) in [5, 5.41) is 6.24. The number of ether oxygens (including phenoxy) is 2. The van der Waals surface area contributed by atoms with E-state index in [2.05, 4.69) is 10.6 Å². The largest absolute Gasteiger partial charge is 0.496 e. The molecule has 8 nitrogen and oxygen atoms in total. The maximum Gasteiger partial charge on any atom is 0.246 e. The normalized spacial score (nSPS) is 28.9. The van der Waals surface area contributed by atoms with Gasteiger partial charge in [0.15, 0.2) is 0 Å². The maximum absolute atomic E-state index is 14.3. The van der Waals surface area contributed by atoms with Gasteiger partial charge in [0, 0.05) is 22.2 Å². The second kappa shape index (κ2) is 10.9. The average molecular weight is 562 g/mol. The molecule has 6 rings (SSSR count). The van der Waals surface area contributed by atoms with Gasteiger partial charge in [0.2, 0.25) is 17.7 Å². The highest BCUT2D eigenvalue weighted by atomic mass is 32.2. The molecular formula is C31H35N3O5S. The standard InChI is InChI=1S/C31H35N3O5S/c1-38-23-14-7-6-9-19(23)18-34-27(29(36)32-20-10-4-3-5-11-20)31-16-15-24(39-31)25(26(31)30(34)37)28(35)33-21-12-8-13-22(17-21)40-2/h6-9,12-17,20,24-27H,3-5,10-11,18H2,1-2H3,(H,32,36)(H,33,35)/t24-,25-,26-,27-,31+/m1/s1. The van der Waals surface area contributed by atoms with Crippen LogP contribution in [0, 0.1) is 11.8 Å². The zero-order valence-corrected chi connectivity index (χ0v) is 23.6. The van der Waals surface area contributed by atoms with Gasteiger partial charge in [-0.05, 0) is 43.4 Å². The Balaban J connectivity index is 1.33. The predicted molar refractivity (Wildman–Crippen MR) is 153 cm³/mol. The summed E-state index contributed by atoms with van der Waals surface area (Å²) in [5.74, 6) is -1.67. The van der Waals surface area contributed by atoms with E-state index in [1.165, 1.54) is 6.42 Å². The van der Waals surface area contributed by atoms with Crippen LogP contribution in [0.15, 0.2) is 65.6 Å². The Labute approximate surface area is 238 Å². The molecule has 5 atom stereocenters. The monoisotopic (exact) mass is 561 g/mol. The predicted octanol–water partition coefficient (Wildman–Crippen LogP) is 4.16. The lowest BCUT2D eigenvalue weighted by atomic mass is 9.74. The third-order valence-corrected chi connectivity index (χ3v) is 9.47. The fourth-order valence-corrected chi connectivity index (χ4v) is 7.37. The molecule has 2 aromatic rings. The van der Waals surface area contributed by atoms with Crippen molar-refractivity contribution in [2.24, 2.45) is 11.8 Å². The van der Waals surface area contributed by atoms with Gasteiger partial charge in [0.25, 0.3) is 0 Å². The van der Waals surface area contributed by atoms with E-state index in [4.69, 9.17) is 9.47 Å². The van der Waals surface area contributed by atoms with Gasteiger partial charge in [-0.15, -0.1) is 11.8 Å². The minimum atomic E-state index is -1.20. The molecule has 3 amide bonds. The van der Waals surface area contributed by atoms with Crippen molar-refractivity contribution in [3.05, 3.63) is 66.2 Å². The summed E-state index contributed by atoms with van der Waals surface area (Å²) >= 11 is 1.59. The number of likely N-dealkylation sites (tertiary alicyclic amines) is 1. The van der Waals surface area contributed by atoms with Crippen LogP contribution in [0.2, 0.25) is 0 Å². The maximum atomic E-state index is 14.3. The van der Waals surface area contributed by atoms with E-state index >= 15 is 0 Å². The van der Waals surface area contributed by atoms with Crippen LogP contribution in [0.5, 0.6) is 5.75 Å². The highest BCUT2D eigenvalue weighted by Gasteiger charge is 2.72. The van der Waals surface area contributed by atoms with Crippen LogP contribution < -0.4 is 15.4 Å². The Kier molecular flexibility index (Phi) is 7.35. The summed E-state index contributed by atoms with van der Waals surface area (Å²) in [6.45, 7) is 0.176. The number of nitrogens with one attached hydrogen (secondary N) is 2. The lowest BCUT2D eigenvalue weighted by Crippen LogP contribution is -2.56. The summed E-state index contributed by atoms with van der Waals surface area (Å²) in [6.07, 6.45) is 10.3. The van der Waals surface area contributed by atoms with Crippen molar-refractivity contribution in [3.8, 4) is 5.75 Å². The number of methoxy groups -OCH3 is 1. The van der Waals surface area contributed by atoms with Crippen molar-refractivity contribution >= 4 is 35.2 Å². The second-order valence-electron chi connectivity index (χ2n) is 11.0. The van der Waals surface area contributed by atoms with Gasteiger partial charge in [-0.2, -0.15) is 0 Å². The van der Waals surface area contributed by atoms with Crippen LogP contribution in [0.1, 0.15) is 37.7 Å². The molecule has 2 N–H and O–H groups in total. The van der Waals surface area contributed by atoms with Crippen LogP contribution in [-0.4, -0.2) is 59.8 Å². The number of benzene rings is 2. The highest BCUT2D eigenvalue weighted by molar-refractivity contribution is 7.98. The van der Waals surface area contributed by atoms with Gasteiger partial charge < -0.3 is 25.0 Å². The van der Waals surface area contributed by atoms with Crippen LogP contribution >= 0.6 is 11.8 Å². The number of hydrogen-bond acceptors (Lipinski definition) is 6. The molecule has 0 radical (unpaired) electrons. The number of fused-ring (bicyclic) bond motifs is 1. The molecule has 210 valence electrons. The molecule has 3 heterocycles. The van der Waals surface area contributed by atoms with E-state index in [1.807, 2.05) is 66.9 Å². The van der Waals surface area contributed by atoms with Gasteiger partial charge in [-0.1, -0.05) is 55.7 Å². The van der Waals surface area contributed by atoms with Crippen molar-refractivity contribution in [2.75, 3.05) is 18.7 Å². The molecule has 2 bridgehead atoms. The first-order valence-electron chi connectivity index (χ1n) is 14.0. The first kappa shape index (κ1) is 26.9. The number of thioether (sulfide) groups is 1. The van der Waals surface area contributed by atoms with Gasteiger partial charge in [0.1, 0.15) is 17.4 Å². The van der Waals surface area contributed by atoms with Crippen LogP contribution in [-0.2, 0) is 25.7 Å². The molecule has 1 aliphatic carbocycles. The van der Waals surface area contributed by atoms with E-state index in [9.17, 15) is 14.4 Å². The molecule has 0 unspecified atom stereocenters. The van der Waals surface area contributed by atoms with E-state index in [1.54, 1.807) is 23.8 Å². The Morgan fingerprint density at radius 3 is 2.67 bits per heavy atom. The molecule has 1 spiro atoms. The second-order valence-corrected chi connectivity index (χ2v) is 11.9. The Morgan fingerprint density at radius 1 is 1.10 bits per heavy atom. The molecule has 3 fully saturated rings. The number of para-hydroxylation sites is 1. The van der Waals surface area contributed by atoms with Gasteiger partial charge in [-0.3, -0.25) is 14.4 Å². The first-order chi connectivity index (χ1) is 19.4. The number of carbonyl (C=O) groups excluding carboxylic acids is 3. The van der Waals surface area contributed by atoms with Crippen LogP contribution in [0.4, 0.5) is 5.69 Å². The fraction of sp³-hybridized carbons (Fsp3) is 0.452. The molecule has 2 aromatic carbocycles.